The van der Waals surface area contributed by atoms with Crippen molar-refractivity contribution in [2.45, 2.75) is 156 Å². The number of rotatable bonds is 9. The fourth-order valence-electron chi connectivity index (χ4n) is 14.0. The van der Waals surface area contributed by atoms with Crippen molar-refractivity contribution in [3.63, 3.8) is 0 Å². The van der Waals surface area contributed by atoms with Crippen LogP contribution in [-0.4, -0.2) is 157 Å². The van der Waals surface area contributed by atoms with Crippen LogP contribution in [0, 0.1) is 11.8 Å². The monoisotopic (exact) mass is 992 g/mol. The Morgan fingerprint density at radius 1 is 0.723 bits per heavy atom. The van der Waals surface area contributed by atoms with Gasteiger partial charge in [0.2, 0.25) is 0 Å². The van der Waals surface area contributed by atoms with Crippen LogP contribution < -0.4 is 14.2 Å². The maximum atomic E-state index is 12.3. The number of halogens is 1. The Kier molecular flexibility index (Phi) is 14.1. The average Bonchev–Trinajstić information content (AvgIpc) is 3.79. The predicted molar refractivity (Wildman–Crippen MR) is 250 cm³/mol. The number of phenols is 1. The smallest absolute Gasteiger partial charge is 0.264 e. The highest BCUT2D eigenvalue weighted by molar-refractivity contribution is 9.08. The molecule has 4 bridgehead atoms. The summed E-state index contributed by atoms with van der Waals surface area (Å²) in [6.45, 7) is 5.03. The minimum Gasteiger partial charge on any atom is -0.504 e. The highest BCUT2D eigenvalue weighted by Gasteiger charge is 2.74. The molecular formula is C49H73BrN2O12S. The van der Waals surface area contributed by atoms with Crippen molar-refractivity contribution < 1.29 is 57.1 Å². The molecule has 5 N–H and O–H groups in total. The number of aliphatic hydroxyl groups excluding tert-OH is 2. The molecule has 364 valence electrons. The number of alkyl halides is 1. The predicted octanol–water partition coefficient (Wildman–Crippen LogP) is 4.97. The van der Waals surface area contributed by atoms with Crippen molar-refractivity contribution in [3.05, 3.63) is 46.5 Å². The third kappa shape index (κ3) is 7.65. The first kappa shape index (κ1) is 49.2. The van der Waals surface area contributed by atoms with Gasteiger partial charge < -0.3 is 44.5 Å². The number of phenolic OH excluding ortho intramolecular Hbond substituents is 1. The molecule has 0 amide bonds. The van der Waals surface area contributed by atoms with Crippen LogP contribution in [0.5, 0.6) is 23.0 Å². The maximum absolute atomic E-state index is 12.3. The summed E-state index contributed by atoms with van der Waals surface area (Å²) in [4.78, 5) is 5.09. The summed E-state index contributed by atoms with van der Waals surface area (Å²) in [5, 5.41) is 56.5. The Balaban J connectivity index is 0.000000152. The largest absolute Gasteiger partial charge is 0.504 e. The van der Waals surface area contributed by atoms with Crippen molar-refractivity contribution in [2.75, 3.05) is 65.7 Å². The molecule has 12 rings (SSSR count). The number of piperidine rings is 2. The van der Waals surface area contributed by atoms with E-state index in [-0.39, 0.29) is 25.3 Å². The van der Waals surface area contributed by atoms with Gasteiger partial charge in [-0.2, -0.15) is 8.42 Å². The lowest BCUT2D eigenvalue weighted by molar-refractivity contribution is -0.209. The molecule has 65 heavy (non-hydrogen) atoms. The first-order chi connectivity index (χ1) is 30.7. The molecule has 2 spiro atoms. The molecule has 2 unspecified atom stereocenters. The molecule has 4 aliphatic heterocycles. The zero-order chi connectivity index (χ0) is 45.4. The second-order valence-electron chi connectivity index (χ2n) is 20.2. The lowest BCUT2D eigenvalue weighted by Crippen LogP contribution is -2.77. The number of aliphatic hydroxyl groups is 4. The van der Waals surface area contributed by atoms with E-state index >= 15 is 0 Å². The van der Waals surface area contributed by atoms with Crippen LogP contribution in [0.3, 0.4) is 0 Å². The Morgan fingerprint density at radius 2 is 1.18 bits per heavy atom. The number of benzene rings is 2. The van der Waals surface area contributed by atoms with Gasteiger partial charge in [-0.25, -0.2) is 0 Å². The highest BCUT2D eigenvalue weighted by atomic mass is 79.9. The van der Waals surface area contributed by atoms with Gasteiger partial charge in [0.15, 0.2) is 23.0 Å². The summed E-state index contributed by atoms with van der Waals surface area (Å²) >= 11 is 2.94. The number of hydrogen-bond donors (Lipinski definition) is 5. The molecular weight excluding hydrogens is 921 g/mol. The second kappa shape index (κ2) is 18.6. The highest BCUT2D eigenvalue weighted by Crippen LogP contribution is 2.67. The molecule has 0 aromatic heterocycles. The minimum absolute atomic E-state index is 0. The van der Waals surface area contributed by atoms with E-state index in [9.17, 15) is 34.0 Å². The number of hydrogen-bond acceptors (Lipinski definition) is 14. The Labute approximate surface area is 394 Å². The number of aromatic hydroxyl groups is 1. The normalized spacial score (nSPS) is 36.7. The maximum Gasteiger partial charge on any atom is 0.264 e. The molecule has 10 aliphatic rings. The van der Waals surface area contributed by atoms with Crippen LogP contribution in [0.1, 0.15) is 107 Å². The third-order valence-electron chi connectivity index (χ3n) is 17.4. The molecule has 4 heterocycles. The molecule has 10 atom stereocenters. The standard InChI is InChI=1S/C24H33NO5.C21H27NO4.C2H6O3S.CH3Br.CH4/c1-28-11-12-29-18-6-5-16-13-19-24(27)8-7-17(26)22-23(24,20(16)21(18)30-22)9-10-25(19)14-15-3-2-4-15;23-14-5-4-13-10-16-21(25)7-6-15(24)19-20(21,17(13)18(14)26-19)8-9-22(16)11-12-2-1-3-12;1-5-6(2,3)4;1-2;/h5-6,15,17,19,22,26-27H,2-4,7-14H2,1H3;4-5,12,15-16,19,23-25H,1-3,6-11H2;1-2H3;1H3;1H4/t17-,19+,22?,23-,24+;15-,16+,19?,20-,21+;;;/m00.../s1. The molecule has 6 fully saturated rings. The van der Waals surface area contributed by atoms with E-state index in [2.05, 4.69) is 36.0 Å². The van der Waals surface area contributed by atoms with Crippen molar-refractivity contribution in [3.8, 4) is 23.0 Å². The Hall–Kier alpha value is -2.25. The number of likely N-dealkylation sites (tertiary alicyclic amines) is 2. The van der Waals surface area contributed by atoms with Gasteiger partial charge in [-0.3, -0.25) is 14.0 Å². The van der Waals surface area contributed by atoms with Gasteiger partial charge in [-0.15, -0.1) is 0 Å². The summed E-state index contributed by atoms with van der Waals surface area (Å²) in [5.41, 5.74) is 1.69. The van der Waals surface area contributed by atoms with Gasteiger partial charge >= 0.3 is 0 Å². The van der Waals surface area contributed by atoms with E-state index < -0.39 is 56.6 Å². The van der Waals surface area contributed by atoms with E-state index in [1.807, 2.05) is 18.0 Å². The molecule has 2 aromatic carbocycles. The molecule has 6 aliphatic carbocycles. The van der Waals surface area contributed by atoms with E-state index in [1.54, 1.807) is 13.2 Å². The molecule has 2 saturated heterocycles. The molecule has 16 heteroatoms. The number of nitrogens with zero attached hydrogens (tertiary/aromatic N) is 2. The van der Waals surface area contributed by atoms with Crippen LogP contribution in [0.15, 0.2) is 24.3 Å². The molecule has 14 nitrogen and oxygen atoms in total. The quantitative estimate of drug-likeness (QED) is 0.129. The summed E-state index contributed by atoms with van der Waals surface area (Å²) in [7, 11) is -0.382. The summed E-state index contributed by atoms with van der Waals surface area (Å²) in [6, 6.07) is 8.06. The van der Waals surface area contributed by atoms with Crippen LogP contribution >= 0.6 is 15.9 Å². The topological polar surface area (TPSA) is 188 Å². The van der Waals surface area contributed by atoms with Gasteiger partial charge in [0.25, 0.3) is 10.1 Å². The average molecular weight is 994 g/mol. The van der Waals surface area contributed by atoms with Crippen molar-refractivity contribution in [1.82, 2.24) is 9.80 Å². The van der Waals surface area contributed by atoms with Crippen molar-refractivity contribution in [1.29, 1.82) is 0 Å². The lowest BCUT2D eigenvalue weighted by atomic mass is 9.48. The van der Waals surface area contributed by atoms with E-state index in [0.29, 0.717) is 50.4 Å². The van der Waals surface area contributed by atoms with Crippen LogP contribution in [0.4, 0.5) is 0 Å². The van der Waals surface area contributed by atoms with E-state index in [4.69, 9.17) is 18.9 Å². The van der Waals surface area contributed by atoms with E-state index in [1.165, 1.54) is 49.7 Å². The molecule has 2 aromatic rings. The summed E-state index contributed by atoms with van der Waals surface area (Å²) in [6.07, 6.45) is 12.6. The van der Waals surface area contributed by atoms with Gasteiger partial charge in [0, 0.05) is 43.4 Å². The van der Waals surface area contributed by atoms with Gasteiger partial charge in [-0.1, -0.05) is 48.3 Å². The fourth-order valence-corrected chi connectivity index (χ4v) is 14.0. The Morgan fingerprint density at radius 3 is 1.63 bits per heavy atom. The summed E-state index contributed by atoms with van der Waals surface area (Å²) < 4.78 is 47.2. The van der Waals surface area contributed by atoms with Crippen molar-refractivity contribution >= 4 is 26.0 Å². The Bertz CT molecular complexity index is 2160. The second-order valence-corrected chi connectivity index (χ2v) is 21.9. The number of ether oxygens (including phenoxy) is 4. The van der Waals surface area contributed by atoms with Gasteiger partial charge in [-0.05, 0) is 131 Å². The summed E-state index contributed by atoms with van der Waals surface area (Å²) in [5.74, 6) is 5.47. The van der Waals surface area contributed by atoms with Crippen LogP contribution in [-0.2, 0) is 42.7 Å². The fraction of sp³-hybridized carbons (Fsp3) is 0.755. The van der Waals surface area contributed by atoms with Crippen LogP contribution in [0.25, 0.3) is 0 Å². The first-order valence-electron chi connectivity index (χ1n) is 23.6. The van der Waals surface area contributed by atoms with Crippen molar-refractivity contribution in [2.24, 2.45) is 11.8 Å². The zero-order valence-electron chi connectivity index (χ0n) is 37.8. The lowest BCUT2D eigenvalue weighted by Gasteiger charge is -2.64. The van der Waals surface area contributed by atoms with Crippen LogP contribution in [0.2, 0.25) is 0 Å². The van der Waals surface area contributed by atoms with E-state index in [0.717, 1.165) is 93.9 Å². The molecule has 4 saturated carbocycles. The first-order valence-corrected chi connectivity index (χ1v) is 27.0. The van der Waals surface area contributed by atoms with Gasteiger partial charge in [0.1, 0.15) is 18.8 Å². The molecule has 0 radical (unpaired) electrons. The third-order valence-corrected chi connectivity index (χ3v) is 18.0. The number of methoxy groups -OCH3 is 1. The minimum atomic E-state index is -3.16. The zero-order valence-corrected chi connectivity index (χ0v) is 40.2. The SMILES string of the molecule is C.CBr.COCCOc1ccc2c3c1OC1[C@@H](O)CC[C@@]4(O)[C@@H](C2)N(CC2CCC2)CC[C@]314.COS(C)(=O)=O.Oc1ccc2c3c1OC1[C@@H](O)CC[C@@]4(O)[C@@H](C2)N(CC2CCC2)CC[C@]314. The van der Waals surface area contributed by atoms with Gasteiger partial charge in [0.05, 0.1) is 54.2 Å².